The first-order chi connectivity index (χ1) is 12.9. The van der Waals surface area contributed by atoms with Crippen molar-refractivity contribution in [3.63, 3.8) is 0 Å². The van der Waals surface area contributed by atoms with Crippen LogP contribution in [0.1, 0.15) is 6.92 Å². The predicted molar refractivity (Wildman–Crippen MR) is 95.9 cm³/mol. The number of halogens is 3. The number of hydrogen-bond acceptors (Lipinski definition) is 5. The van der Waals surface area contributed by atoms with Gasteiger partial charge in [-0.1, -0.05) is 17.8 Å². The summed E-state index contributed by atoms with van der Waals surface area (Å²) < 4.78 is 41.5. The summed E-state index contributed by atoms with van der Waals surface area (Å²) in [4.78, 5) is 12.2. The zero-order valence-corrected chi connectivity index (χ0v) is 14.8. The molecule has 0 unspecified atom stereocenters. The molecule has 1 amide bonds. The van der Waals surface area contributed by atoms with Gasteiger partial charge in [0, 0.05) is 5.56 Å². The van der Waals surface area contributed by atoms with Crippen LogP contribution in [0.2, 0.25) is 0 Å². The number of para-hydroxylation sites is 1. The minimum absolute atomic E-state index is 0.214. The van der Waals surface area contributed by atoms with Crippen LogP contribution in [0.5, 0.6) is 0 Å². The van der Waals surface area contributed by atoms with Gasteiger partial charge in [0.1, 0.15) is 23.1 Å². The molecular weight excluding hydrogens is 379 g/mol. The Morgan fingerprint density at radius 3 is 2.37 bits per heavy atom. The summed E-state index contributed by atoms with van der Waals surface area (Å²) in [5.41, 5.74) is 0.0277. The van der Waals surface area contributed by atoms with Gasteiger partial charge in [0.25, 0.3) is 0 Å². The van der Waals surface area contributed by atoms with Gasteiger partial charge in [-0.2, -0.15) is 0 Å². The van der Waals surface area contributed by atoms with Crippen LogP contribution >= 0.6 is 11.8 Å². The topological polar surface area (TPSA) is 85.8 Å². The number of hydrogen-bond donors (Lipinski definition) is 2. The number of carbonyl (C=O) groups is 1. The van der Waals surface area contributed by atoms with Crippen molar-refractivity contribution < 1.29 is 18.0 Å². The second kappa shape index (κ2) is 7.70. The van der Waals surface area contributed by atoms with Gasteiger partial charge in [-0.3, -0.25) is 4.79 Å². The Labute approximate surface area is 156 Å². The lowest BCUT2D eigenvalue weighted by Gasteiger charge is -2.12. The van der Waals surface area contributed by atoms with Crippen molar-refractivity contribution in [2.75, 3.05) is 11.2 Å². The molecule has 0 saturated carbocycles. The van der Waals surface area contributed by atoms with Crippen LogP contribution in [0.15, 0.2) is 47.6 Å². The van der Waals surface area contributed by atoms with Crippen LogP contribution in [0, 0.1) is 17.5 Å². The summed E-state index contributed by atoms with van der Waals surface area (Å²) in [6.45, 7) is 1.53. The second-order valence-corrected chi connectivity index (χ2v) is 6.84. The highest BCUT2D eigenvalue weighted by atomic mass is 32.2. The lowest BCUT2D eigenvalue weighted by molar-refractivity contribution is -0.115. The molecule has 3 rings (SSSR count). The molecule has 1 heterocycles. The summed E-state index contributed by atoms with van der Waals surface area (Å²) >= 11 is 0.961. The largest absolute Gasteiger partial charge is 0.335 e. The first kappa shape index (κ1) is 18.8. The van der Waals surface area contributed by atoms with E-state index in [0.717, 1.165) is 28.6 Å². The summed E-state index contributed by atoms with van der Waals surface area (Å²) in [6, 6.07) is 8.80. The van der Waals surface area contributed by atoms with E-state index in [4.69, 9.17) is 5.84 Å². The molecule has 1 aromatic heterocycles. The molecule has 1 atom stereocenters. The van der Waals surface area contributed by atoms with Crippen LogP contribution in [-0.2, 0) is 4.79 Å². The van der Waals surface area contributed by atoms with Crippen molar-refractivity contribution >= 4 is 23.4 Å². The van der Waals surface area contributed by atoms with Crippen LogP contribution in [0.25, 0.3) is 11.4 Å². The van der Waals surface area contributed by atoms with Crippen LogP contribution in [0.3, 0.4) is 0 Å². The lowest BCUT2D eigenvalue weighted by atomic mass is 10.2. The number of carbonyl (C=O) groups excluding carboxylic acids is 1. The van der Waals surface area contributed by atoms with Gasteiger partial charge in [0.05, 0.1) is 5.25 Å². The Kier molecular flexibility index (Phi) is 5.36. The highest BCUT2D eigenvalue weighted by Crippen LogP contribution is 2.26. The predicted octanol–water partition coefficient (Wildman–Crippen LogP) is 3.20. The molecule has 0 bridgehead atoms. The maximum atomic E-state index is 13.6. The SMILES string of the molecule is C[C@@H](Sc1nnc(-c2ccc(F)cc2)n1N)C(=O)Nc1c(F)cccc1F. The smallest absolute Gasteiger partial charge is 0.237 e. The molecule has 2 aromatic carbocycles. The van der Waals surface area contributed by atoms with Crippen molar-refractivity contribution in [3.8, 4) is 11.4 Å². The molecule has 0 fully saturated rings. The summed E-state index contributed by atoms with van der Waals surface area (Å²) in [5.74, 6) is 3.45. The van der Waals surface area contributed by atoms with Crippen LogP contribution in [0.4, 0.5) is 18.9 Å². The average Bonchev–Trinajstić information content (AvgIpc) is 2.99. The number of thioether (sulfide) groups is 1. The maximum absolute atomic E-state index is 13.6. The number of amides is 1. The van der Waals surface area contributed by atoms with E-state index in [0.29, 0.717) is 5.56 Å². The van der Waals surface area contributed by atoms with E-state index >= 15 is 0 Å². The number of nitrogen functional groups attached to an aromatic ring is 1. The molecule has 140 valence electrons. The van der Waals surface area contributed by atoms with E-state index in [1.165, 1.54) is 37.3 Å². The molecular formula is C17H14F3N5OS. The third-order valence-corrected chi connectivity index (χ3v) is 4.69. The van der Waals surface area contributed by atoms with E-state index in [-0.39, 0.29) is 11.0 Å². The van der Waals surface area contributed by atoms with Gasteiger partial charge < -0.3 is 11.2 Å². The number of rotatable bonds is 5. The quantitative estimate of drug-likeness (QED) is 0.514. The zero-order valence-electron chi connectivity index (χ0n) is 14.0. The van der Waals surface area contributed by atoms with Gasteiger partial charge >= 0.3 is 0 Å². The van der Waals surface area contributed by atoms with E-state index in [1.54, 1.807) is 0 Å². The van der Waals surface area contributed by atoms with Gasteiger partial charge in [0.15, 0.2) is 5.82 Å². The molecule has 0 saturated heterocycles. The highest BCUT2D eigenvalue weighted by molar-refractivity contribution is 8.00. The molecule has 6 nitrogen and oxygen atoms in total. The molecule has 27 heavy (non-hydrogen) atoms. The van der Waals surface area contributed by atoms with Gasteiger partial charge in [-0.05, 0) is 43.3 Å². The fraction of sp³-hybridized carbons (Fsp3) is 0.118. The van der Waals surface area contributed by atoms with Crippen molar-refractivity contribution in [3.05, 3.63) is 59.9 Å². The third kappa shape index (κ3) is 4.05. The van der Waals surface area contributed by atoms with Crippen molar-refractivity contribution in [2.45, 2.75) is 17.3 Å². The first-order valence-electron chi connectivity index (χ1n) is 7.74. The Hall–Kier alpha value is -3.01. The molecule has 0 radical (unpaired) electrons. The van der Waals surface area contributed by atoms with Crippen LogP contribution < -0.4 is 11.2 Å². The second-order valence-electron chi connectivity index (χ2n) is 5.53. The summed E-state index contributed by atoms with van der Waals surface area (Å²) in [5, 5.41) is 9.50. The van der Waals surface area contributed by atoms with E-state index in [1.807, 2.05) is 0 Å². The average molecular weight is 393 g/mol. The van der Waals surface area contributed by atoms with Crippen molar-refractivity contribution in [1.82, 2.24) is 14.9 Å². The maximum Gasteiger partial charge on any atom is 0.237 e. The monoisotopic (exact) mass is 393 g/mol. The van der Waals surface area contributed by atoms with Gasteiger partial charge in [-0.25, -0.2) is 17.8 Å². The fourth-order valence-corrected chi connectivity index (χ4v) is 2.98. The molecule has 0 spiro atoms. The Balaban J connectivity index is 1.73. The fourth-order valence-electron chi connectivity index (χ4n) is 2.21. The standard InChI is InChI=1S/C17H14F3N5OS/c1-9(16(26)22-14-12(19)3-2-4-13(14)20)27-17-24-23-15(25(17)21)10-5-7-11(18)8-6-10/h2-9H,21H2,1H3,(H,22,26)/t9-/m1/s1. The number of aromatic nitrogens is 3. The lowest BCUT2D eigenvalue weighted by Crippen LogP contribution is -2.24. The number of benzene rings is 2. The number of nitrogens with two attached hydrogens (primary N) is 1. The molecule has 10 heteroatoms. The zero-order chi connectivity index (χ0) is 19.6. The minimum Gasteiger partial charge on any atom is -0.335 e. The molecule has 0 aliphatic rings. The Bertz CT molecular complexity index is 957. The molecule has 3 N–H and O–H groups in total. The number of nitrogens with zero attached hydrogens (tertiary/aromatic N) is 3. The van der Waals surface area contributed by atoms with E-state index < -0.39 is 34.3 Å². The van der Waals surface area contributed by atoms with Crippen LogP contribution in [-0.4, -0.2) is 26.0 Å². The van der Waals surface area contributed by atoms with Crippen molar-refractivity contribution in [2.24, 2.45) is 0 Å². The highest BCUT2D eigenvalue weighted by Gasteiger charge is 2.22. The van der Waals surface area contributed by atoms with Gasteiger partial charge in [0.2, 0.25) is 11.1 Å². The summed E-state index contributed by atoms with van der Waals surface area (Å²) in [6.07, 6.45) is 0. The molecule has 3 aromatic rings. The Morgan fingerprint density at radius 1 is 1.11 bits per heavy atom. The first-order valence-corrected chi connectivity index (χ1v) is 8.62. The van der Waals surface area contributed by atoms with Gasteiger partial charge in [-0.15, -0.1) is 10.2 Å². The van der Waals surface area contributed by atoms with E-state index in [9.17, 15) is 18.0 Å². The number of anilines is 1. The molecule has 0 aliphatic heterocycles. The minimum atomic E-state index is -0.874. The number of nitrogens with one attached hydrogen (secondary N) is 1. The third-order valence-electron chi connectivity index (χ3n) is 3.63. The van der Waals surface area contributed by atoms with Crippen molar-refractivity contribution in [1.29, 1.82) is 0 Å². The Morgan fingerprint density at radius 2 is 1.74 bits per heavy atom. The van der Waals surface area contributed by atoms with E-state index in [2.05, 4.69) is 15.5 Å². The summed E-state index contributed by atoms with van der Waals surface area (Å²) in [7, 11) is 0. The normalized spacial score (nSPS) is 12.0. The molecule has 0 aliphatic carbocycles.